The van der Waals surface area contributed by atoms with E-state index in [1.54, 1.807) is 0 Å². The molecule has 0 unspecified atom stereocenters. The van der Waals surface area contributed by atoms with Gasteiger partial charge in [-0.05, 0) is 99.3 Å². The molecule has 0 saturated heterocycles. The van der Waals surface area contributed by atoms with Crippen molar-refractivity contribution in [2.24, 2.45) is 0 Å². The fourth-order valence-electron chi connectivity index (χ4n) is 4.74. The van der Waals surface area contributed by atoms with Gasteiger partial charge in [-0.15, -0.1) is 0 Å². The SMILES string of the molecule is C1CCC2=C(C1)CCC1=C2CCC2=C1CCCC2. The van der Waals surface area contributed by atoms with Crippen LogP contribution in [0.3, 0.4) is 0 Å². The lowest BCUT2D eigenvalue weighted by molar-refractivity contribution is 0.591. The van der Waals surface area contributed by atoms with Crippen molar-refractivity contribution < 1.29 is 0 Å². The van der Waals surface area contributed by atoms with Crippen LogP contribution in [-0.2, 0) is 0 Å². The Labute approximate surface area is 111 Å². The van der Waals surface area contributed by atoms with Gasteiger partial charge in [-0.3, -0.25) is 0 Å². The molecule has 0 fully saturated rings. The fraction of sp³-hybridized carbons (Fsp3) is 0.667. The molecule has 0 amide bonds. The smallest absolute Gasteiger partial charge is 0.0236 e. The third-order valence-corrected chi connectivity index (χ3v) is 5.61. The molecule has 0 spiro atoms. The molecule has 0 aromatic rings. The van der Waals surface area contributed by atoms with Crippen molar-refractivity contribution in [3.05, 3.63) is 33.4 Å². The van der Waals surface area contributed by atoms with Gasteiger partial charge < -0.3 is 0 Å². The number of fused-ring (bicyclic) bond motifs is 2. The van der Waals surface area contributed by atoms with Crippen molar-refractivity contribution in [3.63, 3.8) is 0 Å². The van der Waals surface area contributed by atoms with E-state index >= 15 is 0 Å². The molecule has 0 heterocycles. The Morgan fingerprint density at radius 3 is 1.28 bits per heavy atom. The van der Waals surface area contributed by atoms with Gasteiger partial charge in [0.05, 0.1) is 0 Å². The summed E-state index contributed by atoms with van der Waals surface area (Å²) in [6.45, 7) is 0. The molecular weight excluding hydrogens is 216 g/mol. The van der Waals surface area contributed by atoms with Crippen molar-refractivity contribution >= 4 is 0 Å². The molecule has 0 aromatic heterocycles. The van der Waals surface area contributed by atoms with Gasteiger partial charge in [0.1, 0.15) is 0 Å². The Bertz CT molecular complexity index is 426. The molecule has 0 bridgehead atoms. The number of hydrogen-bond donors (Lipinski definition) is 0. The Kier molecular flexibility index (Phi) is 2.71. The van der Waals surface area contributed by atoms with Crippen LogP contribution in [0.4, 0.5) is 0 Å². The van der Waals surface area contributed by atoms with Crippen LogP contribution in [0.1, 0.15) is 77.0 Å². The molecule has 0 saturated carbocycles. The normalized spacial score (nSPS) is 28.0. The first-order valence-electron chi connectivity index (χ1n) is 8.08. The summed E-state index contributed by atoms with van der Waals surface area (Å²) < 4.78 is 0. The molecule has 0 atom stereocenters. The van der Waals surface area contributed by atoms with Crippen molar-refractivity contribution in [2.45, 2.75) is 77.0 Å². The molecular formula is C18H24. The zero-order chi connectivity index (χ0) is 11.9. The molecule has 0 nitrogen and oxygen atoms in total. The molecule has 4 aliphatic rings. The molecule has 0 aromatic carbocycles. The fourth-order valence-corrected chi connectivity index (χ4v) is 4.74. The van der Waals surface area contributed by atoms with Crippen molar-refractivity contribution in [1.82, 2.24) is 0 Å². The minimum atomic E-state index is 1.38. The van der Waals surface area contributed by atoms with E-state index in [9.17, 15) is 0 Å². The standard InChI is InChI=1S/C18H24/c1-3-7-15-13(5-1)9-11-18-16-8-4-2-6-14(16)10-12-17(15)18/h1-12H2. The van der Waals surface area contributed by atoms with Gasteiger partial charge in [0.25, 0.3) is 0 Å². The highest BCUT2D eigenvalue weighted by molar-refractivity contribution is 5.54. The topological polar surface area (TPSA) is 0 Å². The van der Waals surface area contributed by atoms with E-state index in [1.807, 2.05) is 33.4 Å². The second kappa shape index (κ2) is 4.40. The number of allylic oxidation sites excluding steroid dienone is 6. The predicted octanol–water partition coefficient (Wildman–Crippen LogP) is 5.61. The second-order valence-electron chi connectivity index (χ2n) is 6.54. The summed E-state index contributed by atoms with van der Waals surface area (Å²) in [5, 5.41) is 0. The van der Waals surface area contributed by atoms with Crippen LogP contribution in [-0.4, -0.2) is 0 Å². The second-order valence-corrected chi connectivity index (χ2v) is 6.54. The molecule has 4 rings (SSSR count). The zero-order valence-electron chi connectivity index (χ0n) is 11.5. The average Bonchev–Trinajstić information content (AvgIpc) is 2.46. The minimum absolute atomic E-state index is 1.38. The molecule has 0 heteroatoms. The average molecular weight is 240 g/mol. The van der Waals surface area contributed by atoms with Crippen molar-refractivity contribution in [1.29, 1.82) is 0 Å². The molecule has 0 N–H and O–H groups in total. The van der Waals surface area contributed by atoms with Gasteiger partial charge >= 0.3 is 0 Å². The Balaban J connectivity index is 1.79. The lowest BCUT2D eigenvalue weighted by atomic mass is 9.69. The van der Waals surface area contributed by atoms with Gasteiger partial charge in [0, 0.05) is 0 Å². The first kappa shape index (κ1) is 11.1. The molecule has 0 aliphatic heterocycles. The zero-order valence-corrected chi connectivity index (χ0v) is 11.5. The van der Waals surface area contributed by atoms with Crippen LogP contribution in [0.15, 0.2) is 33.4 Å². The van der Waals surface area contributed by atoms with Crippen LogP contribution in [0.5, 0.6) is 0 Å². The van der Waals surface area contributed by atoms with Gasteiger partial charge in [-0.1, -0.05) is 11.1 Å². The van der Waals surface area contributed by atoms with E-state index in [4.69, 9.17) is 0 Å². The van der Waals surface area contributed by atoms with Crippen LogP contribution >= 0.6 is 0 Å². The Hall–Kier alpha value is -0.780. The van der Waals surface area contributed by atoms with Gasteiger partial charge in [-0.25, -0.2) is 0 Å². The highest BCUT2D eigenvalue weighted by Gasteiger charge is 2.29. The highest BCUT2D eigenvalue weighted by Crippen LogP contribution is 2.48. The maximum Gasteiger partial charge on any atom is -0.0236 e. The van der Waals surface area contributed by atoms with Gasteiger partial charge in [0.15, 0.2) is 0 Å². The molecule has 96 valence electrons. The largest absolute Gasteiger partial charge is 0.0664 e. The van der Waals surface area contributed by atoms with Gasteiger partial charge in [-0.2, -0.15) is 0 Å². The van der Waals surface area contributed by atoms with E-state index in [0.29, 0.717) is 0 Å². The van der Waals surface area contributed by atoms with Crippen LogP contribution in [0.2, 0.25) is 0 Å². The third kappa shape index (κ3) is 1.65. The first-order valence-corrected chi connectivity index (χ1v) is 8.08. The summed E-state index contributed by atoms with van der Waals surface area (Å²) in [6, 6.07) is 0. The monoisotopic (exact) mass is 240 g/mol. The van der Waals surface area contributed by atoms with Crippen molar-refractivity contribution in [2.75, 3.05) is 0 Å². The van der Waals surface area contributed by atoms with E-state index in [0.717, 1.165) is 0 Å². The maximum absolute atomic E-state index is 1.85. The maximum atomic E-state index is 1.85. The Morgan fingerprint density at radius 1 is 0.333 bits per heavy atom. The van der Waals surface area contributed by atoms with Crippen LogP contribution in [0, 0.1) is 0 Å². The Morgan fingerprint density at radius 2 is 0.778 bits per heavy atom. The third-order valence-electron chi connectivity index (χ3n) is 5.61. The summed E-state index contributed by atoms with van der Waals surface area (Å²) in [7, 11) is 0. The molecule has 18 heavy (non-hydrogen) atoms. The summed E-state index contributed by atoms with van der Waals surface area (Å²) in [6.07, 6.45) is 17.0. The summed E-state index contributed by atoms with van der Waals surface area (Å²) in [4.78, 5) is 0. The molecule has 4 aliphatic carbocycles. The molecule has 0 radical (unpaired) electrons. The first-order chi connectivity index (χ1) is 8.93. The van der Waals surface area contributed by atoms with E-state index in [2.05, 4.69) is 0 Å². The van der Waals surface area contributed by atoms with E-state index < -0.39 is 0 Å². The van der Waals surface area contributed by atoms with Crippen LogP contribution in [0.25, 0.3) is 0 Å². The summed E-state index contributed by atoms with van der Waals surface area (Å²) >= 11 is 0. The predicted molar refractivity (Wildman–Crippen MR) is 76.5 cm³/mol. The summed E-state index contributed by atoms with van der Waals surface area (Å²) in [5.74, 6) is 0. The van der Waals surface area contributed by atoms with Gasteiger partial charge in [0.2, 0.25) is 0 Å². The lowest BCUT2D eigenvalue weighted by Crippen LogP contribution is -2.17. The van der Waals surface area contributed by atoms with E-state index in [-0.39, 0.29) is 0 Å². The van der Waals surface area contributed by atoms with Crippen molar-refractivity contribution in [3.8, 4) is 0 Å². The summed E-state index contributed by atoms with van der Waals surface area (Å²) in [5.41, 5.74) is 11.0. The number of rotatable bonds is 0. The lowest BCUT2D eigenvalue weighted by Gasteiger charge is -2.36. The number of hydrogen-bond acceptors (Lipinski definition) is 0. The minimum Gasteiger partial charge on any atom is -0.0664 e. The highest BCUT2D eigenvalue weighted by atomic mass is 14.3. The van der Waals surface area contributed by atoms with E-state index in [1.165, 1.54) is 77.0 Å². The quantitative estimate of drug-likeness (QED) is 0.516. The van der Waals surface area contributed by atoms with Crippen LogP contribution < -0.4 is 0 Å².